The number of aromatic amines is 1. The zero-order valence-electron chi connectivity index (χ0n) is 21.3. The van der Waals surface area contributed by atoms with Gasteiger partial charge in [0.05, 0.1) is 12.6 Å². The van der Waals surface area contributed by atoms with Crippen LogP contribution in [0.5, 0.6) is 0 Å². The van der Waals surface area contributed by atoms with Crippen LogP contribution in [0.15, 0.2) is 89.7 Å². The third-order valence-electron chi connectivity index (χ3n) is 6.84. The number of benzene rings is 3. The van der Waals surface area contributed by atoms with Crippen molar-refractivity contribution in [3.8, 4) is 0 Å². The van der Waals surface area contributed by atoms with Crippen LogP contribution in [0.1, 0.15) is 47.5 Å². The van der Waals surface area contributed by atoms with E-state index in [9.17, 15) is 4.79 Å². The van der Waals surface area contributed by atoms with Crippen molar-refractivity contribution in [2.24, 2.45) is 0 Å². The number of aromatic nitrogens is 5. The molecule has 0 unspecified atom stereocenters. The third-order valence-corrected chi connectivity index (χ3v) is 6.84. The Morgan fingerprint density at radius 1 is 0.946 bits per heavy atom. The molecule has 5 aromatic rings. The van der Waals surface area contributed by atoms with E-state index >= 15 is 0 Å². The fourth-order valence-corrected chi connectivity index (χ4v) is 4.89. The molecule has 2 heterocycles. The molecule has 0 aliphatic carbocycles. The summed E-state index contributed by atoms with van der Waals surface area (Å²) in [5.41, 5.74) is 5.11. The van der Waals surface area contributed by atoms with Gasteiger partial charge in [-0.1, -0.05) is 79.2 Å². The van der Waals surface area contributed by atoms with Gasteiger partial charge in [0.15, 0.2) is 5.82 Å². The van der Waals surface area contributed by atoms with Crippen LogP contribution >= 0.6 is 0 Å². The number of H-pyrrole nitrogens is 1. The normalized spacial score (nSPS) is 12.3. The lowest BCUT2D eigenvalue weighted by Crippen LogP contribution is -2.34. The fraction of sp³-hybridized carbons (Fsp3) is 0.267. The molecule has 5 rings (SSSR count). The first-order chi connectivity index (χ1) is 18.1. The van der Waals surface area contributed by atoms with E-state index in [0.29, 0.717) is 13.1 Å². The highest BCUT2D eigenvalue weighted by atomic mass is 16.1. The highest BCUT2D eigenvalue weighted by molar-refractivity contribution is 5.79. The highest BCUT2D eigenvalue weighted by Gasteiger charge is 2.26. The van der Waals surface area contributed by atoms with Gasteiger partial charge in [0.2, 0.25) is 0 Å². The average Bonchev–Trinajstić information content (AvgIpc) is 3.37. The summed E-state index contributed by atoms with van der Waals surface area (Å²) in [6.45, 7) is 6.09. The number of hydrogen-bond acceptors (Lipinski definition) is 5. The summed E-state index contributed by atoms with van der Waals surface area (Å²) < 4.78 is 1.88. The first-order valence-corrected chi connectivity index (χ1v) is 12.8. The summed E-state index contributed by atoms with van der Waals surface area (Å²) in [5, 5.41) is 13.8. The predicted molar refractivity (Wildman–Crippen MR) is 146 cm³/mol. The summed E-state index contributed by atoms with van der Waals surface area (Å²) in [5.74, 6) is 0.812. The summed E-state index contributed by atoms with van der Waals surface area (Å²) in [6.07, 6.45) is 1.68. The Balaban J connectivity index is 1.48. The molecule has 0 spiro atoms. The Hall–Kier alpha value is -4.10. The average molecular weight is 493 g/mol. The van der Waals surface area contributed by atoms with Crippen molar-refractivity contribution in [1.82, 2.24) is 30.1 Å². The van der Waals surface area contributed by atoms with Gasteiger partial charge in [-0.15, -0.1) is 5.10 Å². The van der Waals surface area contributed by atoms with Gasteiger partial charge < -0.3 is 4.98 Å². The second-order valence-corrected chi connectivity index (χ2v) is 9.52. The van der Waals surface area contributed by atoms with Crippen LogP contribution in [-0.4, -0.2) is 36.6 Å². The molecule has 3 aromatic carbocycles. The van der Waals surface area contributed by atoms with Gasteiger partial charge in [0.25, 0.3) is 5.56 Å². The molecule has 0 amide bonds. The summed E-state index contributed by atoms with van der Waals surface area (Å²) >= 11 is 0. The maximum absolute atomic E-state index is 13.1. The first kappa shape index (κ1) is 24.6. The van der Waals surface area contributed by atoms with Crippen molar-refractivity contribution < 1.29 is 0 Å². The van der Waals surface area contributed by atoms with Crippen LogP contribution in [0.25, 0.3) is 10.9 Å². The van der Waals surface area contributed by atoms with E-state index in [4.69, 9.17) is 0 Å². The van der Waals surface area contributed by atoms with E-state index in [1.807, 2.05) is 47.1 Å². The topological polar surface area (TPSA) is 79.7 Å². The number of fused-ring (bicyclic) bond motifs is 1. The summed E-state index contributed by atoms with van der Waals surface area (Å²) in [4.78, 5) is 18.5. The molecule has 0 aliphatic rings. The van der Waals surface area contributed by atoms with Crippen LogP contribution in [0.3, 0.4) is 0 Å². The molecular formula is C30H32N6O. The highest BCUT2D eigenvalue weighted by Crippen LogP contribution is 2.25. The number of nitrogens with zero attached hydrogens (tertiary/aromatic N) is 5. The van der Waals surface area contributed by atoms with Crippen LogP contribution < -0.4 is 5.56 Å². The van der Waals surface area contributed by atoms with E-state index in [2.05, 4.69) is 81.7 Å². The minimum absolute atomic E-state index is 0.0463. The van der Waals surface area contributed by atoms with Crippen molar-refractivity contribution in [2.75, 3.05) is 6.54 Å². The minimum atomic E-state index is -0.0557. The predicted octanol–water partition coefficient (Wildman–Crippen LogP) is 5.07. The van der Waals surface area contributed by atoms with Gasteiger partial charge in [-0.3, -0.25) is 9.69 Å². The Labute approximate surface area is 216 Å². The minimum Gasteiger partial charge on any atom is -0.322 e. The molecule has 0 saturated carbocycles. The zero-order valence-corrected chi connectivity index (χ0v) is 21.3. The van der Waals surface area contributed by atoms with E-state index in [1.165, 1.54) is 5.56 Å². The molecule has 7 nitrogen and oxygen atoms in total. The number of pyridine rings is 1. The second kappa shape index (κ2) is 11.3. The molecule has 37 heavy (non-hydrogen) atoms. The molecule has 0 radical (unpaired) electrons. The van der Waals surface area contributed by atoms with E-state index in [-0.39, 0.29) is 11.6 Å². The molecule has 0 saturated heterocycles. The lowest BCUT2D eigenvalue weighted by molar-refractivity contribution is 0.172. The summed E-state index contributed by atoms with van der Waals surface area (Å²) in [6, 6.07) is 28.7. The van der Waals surface area contributed by atoms with Crippen molar-refractivity contribution in [3.05, 3.63) is 123 Å². The Kier molecular flexibility index (Phi) is 7.51. The van der Waals surface area contributed by atoms with Crippen molar-refractivity contribution in [3.63, 3.8) is 0 Å². The Morgan fingerprint density at radius 2 is 1.68 bits per heavy atom. The molecule has 1 N–H and O–H groups in total. The fourth-order valence-electron chi connectivity index (χ4n) is 4.89. The van der Waals surface area contributed by atoms with Gasteiger partial charge in [-0.05, 0) is 64.9 Å². The van der Waals surface area contributed by atoms with Crippen molar-refractivity contribution >= 4 is 10.9 Å². The molecule has 188 valence electrons. The first-order valence-electron chi connectivity index (χ1n) is 12.8. The second-order valence-electron chi connectivity index (χ2n) is 9.52. The van der Waals surface area contributed by atoms with E-state index in [0.717, 1.165) is 52.8 Å². The zero-order chi connectivity index (χ0) is 25.6. The number of tetrazole rings is 1. The molecule has 0 aliphatic heterocycles. The molecule has 1 atom stereocenters. The quantitative estimate of drug-likeness (QED) is 0.295. The molecule has 7 heteroatoms. The largest absolute Gasteiger partial charge is 0.322 e. The van der Waals surface area contributed by atoms with Gasteiger partial charge in [-0.25, -0.2) is 4.68 Å². The van der Waals surface area contributed by atoms with Crippen molar-refractivity contribution in [2.45, 2.75) is 45.8 Å². The Morgan fingerprint density at radius 3 is 2.41 bits per heavy atom. The number of hydrogen-bond donors (Lipinski definition) is 1. The number of rotatable bonds is 10. The summed E-state index contributed by atoms with van der Waals surface area (Å²) in [7, 11) is 0. The Bertz CT molecular complexity index is 1510. The molecule has 0 fully saturated rings. The SMILES string of the molecule is CC[C@H](c1nnnn1Cc1ccccc1)N(CCc1ccccc1)Cc1cc2cc(C)ccc2[nH]c1=O. The van der Waals surface area contributed by atoms with Crippen LogP contribution in [0.4, 0.5) is 0 Å². The van der Waals surface area contributed by atoms with E-state index < -0.39 is 0 Å². The van der Waals surface area contributed by atoms with Crippen molar-refractivity contribution in [1.29, 1.82) is 0 Å². The molecule has 2 aromatic heterocycles. The van der Waals surface area contributed by atoms with Crippen LogP contribution in [0, 0.1) is 6.92 Å². The number of nitrogens with one attached hydrogen (secondary N) is 1. The maximum Gasteiger partial charge on any atom is 0.252 e. The van der Waals surface area contributed by atoms with Gasteiger partial charge in [0, 0.05) is 24.2 Å². The van der Waals surface area contributed by atoms with Gasteiger partial charge in [-0.2, -0.15) is 0 Å². The lowest BCUT2D eigenvalue weighted by atomic mass is 10.1. The lowest BCUT2D eigenvalue weighted by Gasteiger charge is -2.30. The number of aryl methyl sites for hydroxylation is 1. The van der Waals surface area contributed by atoms with Crippen LogP contribution in [0.2, 0.25) is 0 Å². The third kappa shape index (κ3) is 5.84. The van der Waals surface area contributed by atoms with Gasteiger partial charge >= 0.3 is 0 Å². The standard InChI is InChI=1S/C30H32N6O/c1-3-28(29-32-33-34-36(29)20-24-12-8-5-9-13-24)35(17-16-23-10-6-4-7-11-23)21-26-19-25-18-22(2)14-15-27(25)31-30(26)37/h4-15,18-19,28H,3,16-17,20-21H2,1-2H3,(H,31,37)/t28-/m1/s1. The monoisotopic (exact) mass is 492 g/mol. The van der Waals surface area contributed by atoms with Gasteiger partial charge in [0.1, 0.15) is 0 Å². The molecule has 0 bridgehead atoms. The maximum atomic E-state index is 13.1. The molecular weight excluding hydrogens is 460 g/mol. The smallest absolute Gasteiger partial charge is 0.252 e. The van der Waals surface area contributed by atoms with E-state index in [1.54, 1.807) is 0 Å². The van der Waals surface area contributed by atoms with Crippen LogP contribution in [-0.2, 0) is 19.5 Å².